The molecular weight excluding hydrogens is 172 g/mol. The zero-order valence-electron chi connectivity index (χ0n) is 9.00. The molecule has 0 saturated carbocycles. The van der Waals surface area contributed by atoms with E-state index in [1.807, 2.05) is 0 Å². The second-order valence-electron chi connectivity index (χ2n) is 4.36. The number of hydrogen-bond acceptors (Lipinski definition) is 1. The molecule has 0 unspecified atom stereocenters. The molecule has 0 aromatic heterocycles. The summed E-state index contributed by atoms with van der Waals surface area (Å²) in [6, 6.07) is 6.57. The Bertz CT molecular complexity index is 459. The molecule has 1 aromatic carbocycles. The minimum atomic E-state index is 0.0743. The van der Waals surface area contributed by atoms with Gasteiger partial charge in [-0.1, -0.05) is 42.8 Å². The zero-order chi connectivity index (χ0) is 10.2. The quantitative estimate of drug-likeness (QED) is 0.678. The minimum Gasteiger partial charge on any atom is -0.383 e. The lowest BCUT2D eigenvalue weighted by molar-refractivity contribution is 0.160. The summed E-state index contributed by atoms with van der Waals surface area (Å²) in [7, 11) is 1.75. The molecule has 1 aromatic rings. The number of hydrogen-bond donors (Lipinski definition) is 0. The smallest absolute Gasteiger partial charge is 0.0586 e. The molecule has 0 amide bonds. The van der Waals surface area contributed by atoms with Crippen molar-refractivity contribution >= 4 is 12.2 Å². The third-order valence-electron chi connectivity index (χ3n) is 2.67. The van der Waals surface area contributed by atoms with Gasteiger partial charge in [0.1, 0.15) is 0 Å². The van der Waals surface area contributed by atoms with Crippen molar-refractivity contribution in [1.29, 1.82) is 0 Å². The summed E-state index contributed by atoms with van der Waals surface area (Å²) in [5, 5.41) is 2.67. The summed E-state index contributed by atoms with van der Waals surface area (Å²) in [6.07, 6.45) is 4.57. The Morgan fingerprint density at radius 3 is 2.64 bits per heavy atom. The second kappa shape index (κ2) is 3.25. The molecule has 2 rings (SSSR count). The highest BCUT2D eigenvalue weighted by Crippen LogP contribution is 2.22. The predicted octanol–water partition coefficient (Wildman–Crippen LogP) is 1.22. The topological polar surface area (TPSA) is 9.23 Å². The molecule has 0 heterocycles. The van der Waals surface area contributed by atoms with Crippen molar-refractivity contribution < 1.29 is 4.74 Å². The third-order valence-corrected chi connectivity index (χ3v) is 2.67. The molecule has 1 nitrogen and oxygen atoms in total. The molecule has 0 aliphatic heterocycles. The van der Waals surface area contributed by atoms with E-state index in [0.29, 0.717) is 0 Å². The van der Waals surface area contributed by atoms with E-state index in [1.54, 1.807) is 7.11 Å². The average molecular weight is 188 g/mol. The Morgan fingerprint density at radius 2 is 1.93 bits per heavy atom. The molecular formula is C13H16O. The highest BCUT2D eigenvalue weighted by molar-refractivity contribution is 5.56. The number of aryl methyl sites for hydroxylation is 1. The van der Waals surface area contributed by atoms with Gasteiger partial charge in [0.05, 0.1) is 6.61 Å². The maximum Gasteiger partial charge on any atom is 0.0586 e. The van der Waals surface area contributed by atoms with Gasteiger partial charge >= 0.3 is 0 Å². The van der Waals surface area contributed by atoms with Gasteiger partial charge in [0.25, 0.3) is 0 Å². The van der Waals surface area contributed by atoms with E-state index >= 15 is 0 Å². The van der Waals surface area contributed by atoms with E-state index in [-0.39, 0.29) is 5.41 Å². The first kappa shape index (κ1) is 9.47. The van der Waals surface area contributed by atoms with Gasteiger partial charge in [-0.2, -0.15) is 0 Å². The van der Waals surface area contributed by atoms with Crippen LogP contribution in [0.15, 0.2) is 18.2 Å². The fraction of sp³-hybridized carbons (Fsp3) is 0.385. The molecule has 0 N–H and O–H groups in total. The van der Waals surface area contributed by atoms with Gasteiger partial charge < -0.3 is 4.74 Å². The van der Waals surface area contributed by atoms with Crippen LogP contribution in [0.25, 0.3) is 12.2 Å². The van der Waals surface area contributed by atoms with Crippen LogP contribution in [0.1, 0.15) is 12.5 Å². The molecule has 1 atom stereocenters. The van der Waals surface area contributed by atoms with Gasteiger partial charge in [-0.25, -0.2) is 0 Å². The summed E-state index contributed by atoms with van der Waals surface area (Å²) < 4.78 is 5.23. The van der Waals surface area contributed by atoms with Crippen molar-refractivity contribution in [2.24, 2.45) is 5.41 Å². The maximum atomic E-state index is 5.23. The minimum absolute atomic E-state index is 0.0743. The lowest BCUT2D eigenvalue weighted by atomic mass is 9.94. The first-order valence-electron chi connectivity index (χ1n) is 4.94. The van der Waals surface area contributed by atoms with Gasteiger partial charge in [-0.05, 0) is 17.4 Å². The van der Waals surface area contributed by atoms with Gasteiger partial charge in [-0.3, -0.25) is 0 Å². The number of methoxy groups -OCH3 is 1. The van der Waals surface area contributed by atoms with Gasteiger partial charge in [0, 0.05) is 12.5 Å². The fourth-order valence-electron chi connectivity index (χ4n) is 2.10. The molecule has 0 saturated heterocycles. The third kappa shape index (κ3) is 1.60. The number of ether oxygens (including phenoxy) is 1. The molecule has 0 spiro atoms. The van der Waals surface area contributed by atoms with Crippen molar-refractivity contribution in [1.82, 2.24) is 0 Å². The molecule has 0 radical (unpaired) electrons. The number of rotatable bonds is 2. The predicted molar refractivity (Wildman–Crippen MR) is 59.3 cm³/mol. The molecule has 0 bridgehead atoms. The van der Waals surface area contributed by atoms with Crippen molar-refractivity contribution in [3.8, 4) is 0 Å². The Kier molecular flexibility index (Phi) is 2.20. The normalized spacial score (nSPS) is 23.9. The Balaban J connectivity index is 2.53. The first-order valence-corrected chi connectivity index (χ1v) is 4.94. The number of fused-ring (bicyclic) bond motifs is 1. The average Bonchev–Trinajstić information content (AvgIpc) is 2.40. The lowest BCUT2D eigenvalue weighted by Gasteiger charge is -2.17. The summed E-state index contributed by atoms with van der Waals surface area (Å²) in [6.45, 7) is 5.08. The van der Waals surface area contributed by atoms with Crippen LogP contribution in [0, 0.1) is 12.3 Å². The fourth-order valence-corrected chi connectivity index (χ4v) is 2.10. The van der Waals surface area contributed by atoms with Crippen LogP contribution in [0.4, 0.5) is 0 Å². The van der Waals surface area contributed by atoms with Crippen molar-refractivity contribution in [3.63, 3.8) is 0 Å². The van der Waals surface area contributed by atoms with Crippen LogP contribution in [0.5, 0.6) is 0 Å². The molecule has 0 fully saturated rings. The van der Waals surface area contributed by atoms with E-state index in [4.69, 9.17) is 4.74 Å². The van der Waals surface area contributed by atoms with Crippen LogP contribution < -0.4 is 10.4 Å². The van der Waals surface area contributed by atoms with Crippen molar-refractivity contribution in [2.75, 3.05) is 13.7 Å². The van der Waals surface area contributed by atoms with E-state index < -0.39 is 0 Å². The summed E-state index contributed by atoms with van der Waals surface area (Å²) in [5.74, 6) is 0. The molecule has 1 aliphatic rings. The summed E-state index contributed by atoms with van der Waals surface area (Å²) >= 11 is 0. The van der Waals surface area contributed by atoms with Gasteiger partial charge in [0.2, 0.25) is 0 Å². The van der Waals surface area contributed by atoms with Crippen LogP contribution >= 0.6 is 0 Å². The van der Waals surface area contributed by atoms with Crippen LogP contribution in [-0.2, 0) is 4.74 Å². The van der Waals surface area contributed by atoms with E-state index in [9.17, 15) is 0 Å². The number of benzene rings is 1. The van der Waals surface area contributed by atoms with E-state index in [2.05, 4.69) is 44.2 Å². The molecule has 14 heavy (non-hydrogen) atoms. The highest BCUT2D eigenvalue weighted by atomic mass is 16.5. The SMILES string of the molecule is COC[C@]1(C)C=c2ccc(C)cc2=C1. The zero-order valence-corrected chi connectivity index (χ0v) is 9.00. The van der Waals surface area contributed by atoms with Gasteiger partial charge in [-0.15, -0.1) is 0 Å². The molecule has 1 heteroatoms. The Hall–Kier alpha value is -1.08. The second-order valence-corrected chi connectivity index (χ2v) is 4.36. The van der Waals surface area contributed by atoms with Crippen LogP contribution in [-0.4, -0.2) is 13.7 Å². The maximum absolute atomic E-state index is 5.23. The largest absolute Gasteiger partial charge is 0.383 e. The van der Waals surface area contributed by atoms with Crippen molar-refractivity contribution in [2.45, 2.75) is 13.8 Å². The summed E-state index contributed by atoms with van der Waals surface area (Å²) in [5.41, 5.74) is 1.39. The summed E-state index contributed by atoms with van der Waals surface area (Å²) in [4.78, 5) is 0. The highest BCUT2D eigenvalue weighted by Gasteiger charge is 2.21. The molecule has 1 aliphatic carbocycles. The lowest BCUT2D eigenvalue weighted by Crippen LogP contribution is -2.20. The monoisotopic (exact) mass is 188 g/mol. The van der Waals surface area contributed by atoms with Crippen molar-refractivity contribution in [3.05, 3.63) is 34.2 Å². The Morgan fingerprint density at radius 1 is 1.21 bits per heavy atom. The first-order chi connectivity index (χ1) is 6.63. The molecule has 74 valence electrons. The van der Waals surface area contributed by atoms with Crippen LogP contribution in [0.3, 0.4) is 0 Å². The van der Waals surface area contributed by atoms with E-state index in [0.717, 1.165) is 6.61 Å². The standard InChI is InChI=1S/C13H16O/c1-10-4-5-11-7-13(2,9-14-3)8-12(11)6-10/h4-8H,9H2,1-3H3/t13-/m1/s1. The van der Waals surface area contributed by atoms with Crippen LogP contribution in [0.2, 0.25) is 0 Å². The van der Waals surface area contributed by atoms with E-state index in [1.165, 1.54) is 16.0 Å². The Labute approximate surface area is 84.7 Å². The van der Waals surface area contributed by atoms with Gasteiger partial charge in [0.15, 0.2) is 0 Å².